The first kappa shape index (κ1) is 15.4. The fraction of sp³-hybridized carbons (Fsp3) is 0.467. The molecule has 1 aliphatic rings. The summed E-state index contributed by atoms with van der Waals surface area (Å²) in [5, 5.41) is 8.60. The molecule has 0 saturated carbocycles. The number of hydrogen-bond acceptors (Lipinski definition) is 3. The lowest BCUT2D eigenvalue weighted by Crippen LogP contribution is -2.48. The second-order valence-electron chi connectivity index (χ2n) is 5.14. The molecule has 114 valence electrons. The maximum absolute atomic E-state index is 13.1. The summed E-state index contributed by atoms with van der Waals surface area (Å²) in [6, 6.07) is 5.72. The molecule has 1 amide bonds. The van der Waals surface area contributed by atoms with Crippen LogP contribution in [0.3, 0.4) is 0 Å². The van der Waals surface area contributed by atoms with Gasteiger partial charge in [-0.15, -0.1) is 0 Å². The Kier molecular flexibility index (Phi) is 5.27. The Bertz CT molecular complexity index is 513. The Hall–Kier alpha value is -1.95. The molecule has 1 fully saturated rings. The van der Waals surface area contributed by atoms with Gasteiger partial charge in [-0.1, -0.05) is 6.07 Å². The third kappa shape index (κ3) is 4.53. The highest BCUT2D eigenvalue weighted by atomic mass is 19.1. The number of carboxylic acids is 1. The molecular formula is C15H19FN2O3. The largest absolute Gasteiger partial charge is 0.481 e. The van der Waals surface area contributed by atoms with Crippen LogP contribution in [-0.4, -0.2) is 59.5 Å². The van der Waals surface area contributed by atoms with Crippen LogP contribution in [-0.2, 0) is 4.79 Å². The van der Waals surface area contributed by atoms with Crippen molar-refractivity contribution in [3.63, 3.8) is 0 Å². The van der Waals surface area contributed by atoms with Crippen molar-refractivity contribution in [3.8, 4) is 0 Å². The quantitative estimate of drug-likeness (QED) is 0.893. The highest BCUT2D eigenvalue weighted by molar-refractivity contribution is 5.94. The molecule has 0 spiro atoms. The summed E-state index contributed by atoms with van der Waals surface area (Å²) in [6.07, 6.45) is 0.787. The van der Waals surface area contributed by atoms with E-state index in [1.54, 1.807) is 11.0 Å². The SMILES string of the molecule is O=C(O)CCCN1CCN(C(=O)c2cccc(F)c2)CC1. The van der Waals surface area contributed by atoms with Gasteiger partial charge in [-0.05, 0) is 31.2 Å². The number of hydrogen-bond donors (Lipinski definition) is 1. The van der Waals surface area contributed by atoms with Crippen LogP contribution in [0.4, 0.5) is 4.39 Å². The highest BCUT2D eigenvalue weighted by Crippen LogP contribution is 2.11. The molecule has 1 heterocycles. The molecule has 0 aromatic heterocycles. The van der Waals surface area contributed by atoms with Crippen molar-refractivity contribution in [2.45, 2.75) is 12.8 Å². The van der Waals surface area contributed by atoms with E-state index >= 15 is 0 Å². The van der Waals surface area contributed by atoms with E-state index in [0.717, 1.165) is 19.6 Å². The summed E-state index contributed by atoms with van der Waals surface area (Å²) in [6.45, 7) is 3.35. The number of carbonyl (C=O) groups is 2. The Balaban J connectivity index is 1.81. The smallest absolute Gasteiger partial charge is 0.303 e. The fourth-order valence-electron chi connectivity index (χ4n) is 2.43. The van der Waals surface area contributed by atoms with E-state index in [2.05, 4.69) is 4.90 Å². The molecule has 0 atom stereocenters. The average Bonchev–Trinajstić information content (AvgIpc) is 2.47. The van der Waals surface area contributed by atoms with E-state index in [4.69, 9.17) is 5.11 Å². The molecular weight excluding hydrogens is 275 g/mol. The lowest BCUT2D eigenvalue weighted by Gasteiger charge is -2.34. The van der Waals surface area contributed by atoms with E-state index in [9.17, 15) is 14.0 Å². The number of benzene rings is 1. The van der Waals surface area contributed by atoms with Crippen molar-refractivity contribution >= 4 is 11.9 Å². The van der Waals surface area contributed by atoms with Crippen molar-refractivity contribution in [3.05, 3.63) is 35.6 Å². The van der Waals surface area contributed by atoms with Gasteiger partial charge in [0.1, 0.15) is 5.82 Å². The highest BCUT2D eigenvalue weighted by Gasteiger charge is 2.22. The van der Waals surface area contributed by atoms with E-state index in [0.29, 0.717) is 25.1 Å². The van der Waals surface area contributed by atoms with Crippen molar-refractivity contribution in [1.29, 1.82) is 0 Å². The first-order valence-electron chi connectivity index (χ1n) is 7.05. The van der Waals surface area contributed by atoms with Crippen molar-refractivity contribution < 1.29 is 19.1 Å². The molecule has 2 rings (SSSR count). The predicted octanol–water partition coefficient (Wildman–Crippen LogP) is 1.45. The molecule has 0 bridgehead atoms. The van der Waals surface area contributed by atoms with Crippen LogP contribution in [0.15, 0.2) is 24.3 Å². The van der Waals surface area contributed by atoms with Gasteiger partial charge >= 0.3 is 5.97 Å². The molecule has 1 aromatic carbocycles. The minimum absolute atomic E-state index is 0.153. The zero-order valence-electron chi connectivity index (χ0n) is 11.8. The molecule has 21 heavy (non-hydrogen) atoms. The Morgan fingerprint density at radius 3 is 2.52 bits per heavy atom. The van der Waals surface area contributed by atoms with Gasteiger partial charge in [0.2, 0.25) is 0 Å². The van der Waals surface area contributed by atoms with Crippen LogP contribution in [0, 0.1) is 5.82 Å². The van der Waals surface area contributed by atoms with Crippen LogP contribution in [0.2, 0.25) is 0 Å². The Labute approximate surface area is 123 Å². The zero-order valence-corrected chi connectivity index (χ0v) is 11.8. The predicted molar refractivity (Wildman–Crippen MR) is 75.6 cm³/mol. The molecule has 0 aliphatic carbocycles. The van der Waals surface area contributed by atoms with Gasteiger partial charge in [0.15, 0.2) is 0 Å². The molecule has 1 saturated heterocycles. The first-order valence-corrected chi connectivity index (χ1v) is 7.05. The minimum atomic E-state index is -0.782. The van der Waals surface area contributed by atoms with Crippen molar-refractivity contribution in [2.75, 3.05) is 32.7 Å². The van der Waals surface area contributed by atoms with Gasteiger partial charge in [-0.2, -0.15) is 0 Å². The lowest BCUT2D eigenvalue weighted by atomic mass is 10.1. The molecule has 6 heteroatoms. The van der Waals surface area contributed by atoms with E-state index in [1.807, 2.05) is 0 Å². The van der Waals surface area contributed by atoms with Crippen LogP contribution in [0.25, 0.3) is 0 Å². The third-order valence-corrected chi connectivity index (χ3v) is 3.60. The van der Waals surface area contributed by atoms with Crippen molar-refractivity contribution in [2.24, 2.45) is 0 Å². The monoisotopic (exact) mass is 294 g/mol. The molecule has 1 aromatic rings. The number of nitrogens with zero attached hydrogens (tertiary/aromatic N) is 2. The van der Waals surface area contributed by atoms with E-state index < -0.39 is 11.8 Å². The number of aliphatic carboxylic acids is 1. The number of amides is 1. The maximum Gasteiger partial charge on any atom is 0.303 e. The summed E-state index contributed by atoms with van der Waals surface area (Å²) in [4.78, 5) is 26.6. The summed E-state index contributed by atoms with van der Waals surface area (Å²) < 4.78 is 13.1. The average molecular weight is 294 g/mol. The molecule has 1 aliphatic heterocycles. The molecule has 0 radical (unpaired) electrons. The van der Waals surface area contributed by atoms with Crippen LogP contribution >= 0.6 is 0 Å². The topological polar surface area (TPSA) is 60.9 Å². The van der Waals surface area contributed by atoms with Gasteiger partial charge in [0, 0.05) is 38.2 Å². The second kappa shape index (κ2) is 7.17. The van der Waals surface area contributed by atoms with Gasteiger partial charge in [-0.3, -0.25) is 14.5 Å². The Morgan fingerprint density at radius 2 is 1.90 bits per heavy atom. The summed E-state index contributed by atoms with van der Waals surface area (Å²) in [5.74, 6) is -1.34. The lowest BCUT2D eigenvalue weighted by molar-refractivity contribution is -0.137. The van der Waals surface area contributed by atoms with Gasteiger partial charge < -0.3 is 10.0 Å². The Morgan fingerprint density at radius 1 is 1.19 bits per heavy atom. The minimum Gasteiger partial charge on any atom is -0.481 e. The van der Waals surface area contributed by atoms with Gasteiger partial charge in [0.05, 0.1) is 0 Å². The fourth-order valence-corrected chi connectivity index (χ4v) is 2.43. The van der Waals surface area contributed by atoms with E-state index in [-0.39, 0.29) is 12.3 Å². The number of carboxylic acid groups (broad SMARTS) is 1. The first-order chi connectivity index (χ1) is 10.1. The summed E-state index contributed by atoms with van der Waals surface area (Å²) >= 11 is 0. The zero-order chi connectivity index (χ0) is 15.2. The summed E-state index contributed by atoms with van der Waals surface area (Å²) in [7, 11) is 0. The van der Waals surface area contributed by atoms with Crippen molar-refractivity contribution in [1.82, 2.24) is 9.80 Å². The van der Waals surface area contributed by atoms with Crippen LogP contribution in [0.5, 0.6) is 0 Å². The van der Waals surface area contributed by atoms with Gasteiger partial charge in [0.25, 0.3) is 5.91 Å². The number of rotatable bonds is 5. The molecule has 0 unspecified atom stereocenters. The number of halogens is 1. The summed E-state index contributed by atoms with van der Waals surface area (Å²) in [5.41, 5.74) is 0.370. The molecule has 5 nitrogen and oxygen atoms in total. The maximum atomic E-state index is 13.1. The van der Waals surface area contributed by atoms with Gasteiger partial charge in [-0.25, -0.2) is 4.39 Å². The number of carbonyl (C=O) groups excluding carboxylic acids is 1. The standard InChI is InChI=1S/C15H19FN2O3/c16-13-4-1-3-12(11-13)15(21)18-9-7-17(8-10-18)6-2-5-14(19)20/h1,3-4,11H,2,5-10H2,(H,19,20). The third-order valence-electron chi connectivity index (χ3n) is 3.60. The normalized spacial score (nSPS) is 16.0. The molecule has 1 N–H and O–H groups in total. The number of piperazine rings is 1. The van der Waals surface area contributed by atoms with Crippen LogP contribution < -0.4 is 0 Å². The van der Waals surface area contributed by atoms with Crippen LogP contribution in [0.1, 0.15) is 23.2 Å². The van der Waals surface area contributed by atoms with E-state index in [1.165, 1.54) is 18.2 Å². The second-order valence-corrected chi connectivity index (χ2v) is 5.14.